The van der Waals surface area contributed by atoms with E-state index in [2.05, 4.69) is 121 Å². The van der Waals surface area contributed by atoms with Gasteiger partial charge in [0.05, 0.1) is 91.8 Å². The quantitative estimate of drug-likeness (QED) is 0.0220. The lowest BCUT2D eigenvalue weighted by Crippen LogP contribution is -2.34. The molecule has 14 rings (SSSR count). The van der Waals surface area contributed by atoms with Crippen LogP contribution in [0.4, 0.5) is 0 Å². The second-order valence-electron chi connectivity index (χ2n) is 29.1. The third kappa shape index (κ3) is 16.9. The van der Waals surface area contributed by atoms with E-state index in [0.29, 0.717) is 24.3 Å². The van der Waals surface area contributed by atoms with Crippen molar-refractivity contribution in [2.75, 3.05) is 53.9 Å². The minimum absolute atomic E-state index is 0.0139. The molecule has 4 unspecified atom stereocenters. The Labute approximate surface area is 648 Å². The van der Waals surface area contributed by atoms with Crippen LogP contribution in [0, 0.1) is 0 Å². The summed E-state index contributed by atoms with van der Waals surface area (Å²) in [5.74, 6) is 3.61. The van der Waals surface area contributed by atoms with Gasteiger partial charge in [-0.1, -0.05) is 109 Å². The SMILES string of the molecule is COc1ccc2c3c(c4c(c2c1)OC(c1ccc(OCCCOC(=O)CCC(=O)OC(C)COCC(C)OC(=O)CCC(=O)OCCCOc2ccc(C5(c6ccc(OC(C)C)cc6)C=Cc6c7c(c8ccc(OC)cc8c6O5)-c5ccccc5CC7)cc2)cc1)(c1ccc(OC(C)C)cc1)C=C4)CCc1ccccc1-3. The monoisotopic (exact) mass is 1490 g/mol. The van der Waals surface area contributed by atoms with Crippen molar-refractivity contribution in [3.63, 3.8) is 0 Å². The first-order valence-electron chi connectivity index (χ1n) is 38.5. The van der Waals surface area contributed by atoms with Crippen molar-refractivity contribution in [1.82, 2.24) is 0 Å². The van der Waals surface area contributed by atoms with E-state index in [1.807, 2.05) is 113 Å². The minimum atomic E-state index is -1.02. The molecule has 111 heavy (non-hydrogen) atoms. The molecule has 4 aliphatic rings. The largest absolute Gasteiger partial charge is 0.497 e. The summed E-state index contributed by atoms with van der Waals surface area (Å²) >= 11 is 0. The normalized spacial score (nSPS) is 16.1. The number of carbonyl (C=O) groups is 4. The molecule has 17 heteroatoms. The summed E-state index contributed by atoms with van der Waals surface area (Å²) in [7, 11) is 3.37. The Morgan fingerprint density at radius 2 is 0.757 bits per heavy atom. The summed E-state index contributed by atoms with van der Waals surface area (Å²) in [6, 6.07) is 61.7. The van der Waals surface area contributed by atoms with Crippen molar-refractivity contribution in [2.45, 2.75) is 141 Å². The maximum absolute atomic E-state index is 12.7. The van der Waals surface area contributed by atoms with E-state index >= 15 is 0 Å². The minimum Gasteiger partial charge on any atom is -0.497 e. The van der Waals surface area contributed by atoms with Gasteiger partial charge in [0.15, 0.2) is 11.2 Å². The number of esters is 4. The molecule has 2 aliphatic carbocycles. The lowest BCUT2D eigenvalue weighted by molar-refractivity contribution is -0.158. The highest BCUT2D eigenvalue weighted by atomic mass is 16.6. The fourth-order valence-corrected chi connectivity index (χ4v) is 15.4. The Hall–Kier alpha value is -11.6. The molecule has 0 amide bonds. The summed E-state index contributed by atoms with van der Waals surface area (Å²) in [5.41, 5.74) is 13.9. The van der Waals surface area contributed by atoms with Gasteiger partial charge in [-0.25, -0.2) is 0 Å². The van der Waals surface area contributed by atoms with Crippen molar-refractivity contribution >= 4 is 57.6 Å². The second kappa shape index (κ2) is 34.1. The summed E-state index contributed by atoms with van der Waals surface area (Å²) in [6.45, 7) is 12.1. The molecule has 0 fully saturated rings. The molecule has 0 aromatic heterocycles. The van der Waals surface area contributed by atoms with E-state index in [4.69, 9.17) is 61.6 Å². The molecule has 17 nitrogen and oxygen atoms in total. The summed E-state index contributed by atoms with van der Waals surface area (Å²) < 4.78 is 78.4. The van der Waals surface area contributed by atoms with Crippen molar-refractivity contribution in [3.05, 3.63) is 250 Å². The molecule has 10 aromatic rings. The van der Waals surface area contributed by atoms with Gasteiger partial charge in [0.1, 0.15) is 58.2 Å². The van der Waals surface area contributed by atoms with Crippen LogP contribution in [0.15, 0.2) is 194 Å². The maximum Gasteiger partial charge on any atom is 0.306 e. The van der Waals surface area contributed by atoms with E-state index in [-0.39, 0.29) is 77.5 Å². The zero-order valence-corrected chi connectivity index (χ0v) is 64.2. The smallest absolute Gasteiger partial charge is 0.306 e. The Balaban J connectivity index is 0.487. The van der Waals surface area contributed by atoms with Crippen LogP contribution in [0.1, 0.15) is 136 Å². The molecule has 0 N–H and O–H groups in total. The van der Waals surface area contributed by atoms with Crippen LogP contribution < -0.4 is 37.9 Å². The summed E-state index contributed by atoms with van der Waals surface area (Å²) in [5, 5.41) is 4.14. The van der Waals surface area contributed by atoms with Gasteiger partial charge in [-0.3, -0.25) is 19.2 Å². The van der Waals surface area contributed by atoms with Gasteiger partial charge < -0.3 is 61.6 Å². The Bertz CT molecular complexity index is 4780. The van der Waals surface area contributed by atoms with Crippen molar-refractivity contribution in [3.8, 4) is 68.2 Å². The van der Waals surface area contributed by atoms with E-state index in [1.54, 1.807) is 28.1 Å². The predicted octanol–water partition coefficient (Wildman–Crippen LogP) is 18.6. The Kier molecular flexibility index (Phi) is 23.4. The molecular weight excluding hydrogens is 1400 g/mol. The van der Waals surface area contributed by atoms with Crippen LogP contribution in [-0.4, -0.2) is 102 Å². The first-order valence-corrected chi connectivity index (χ1v) is 38.5. The van der Waals surface area contributed by atoms with E-state index in [1.165, 1.54) is 44.5 Å². The topological polar surface area (TPSA) is 188 Å². The molecule has 0 radical (unpaired) electrons. The van der Waals surface area contributed by atoms with Gasteiger partial charge in [0.2, 0.25) is 0 Å². The van der Waals surface area contributed by atoms with Gasteiger partial charge >= 0.3 is 23.9 Å². The lowest BCUT2D eigenvalue weighted by Gasteiger charge is -2.38. The predicted molar refractivity (Wildman–Crippen MR) is 427 cm³/mol. The molecular formula is C94H94O17. The standard InChI is InChI=1S/C94H94O17/c1-59(2)106-71-33-25-67(26-34-71)93(49-47-81-77-39-19-63-15-9-11-17-75(63)89(77)79-41-37-73(99-7)55-83(79)91(81)110-93)65-21-29-69(30-22-65)102-51-13-53-104-85(95)43-45-87(97)108-61(5)57-101-58-62(6)109-88(98)46-44-86(96)105-54-14-52-103-70-31-23-66(24-32-70)94(68-27-35-72(36-28-68)107-60(3)4)50-48-82-78-40-20-64-16-10-12-18-76(64)90(78)80-42-38-74(100-8)56-84(80)92(82)111-94/h9-12,15-18,21-38,41-42,47-50,55-56,59-62H,13-14,19-20,39-40,43-46,51-54,57-58H2,1-8H3. The molecule has 2 heterocycles. The van der Waals surface area contributed by atoms with Crippen molar-refractivity contribution < 1.29 is 80.8 Å². The lowest BCUT2D eigenvalue weighted by atomic mass is 9.77. The van der Waals surface area contributed by atoms with Gasteiger partial charge in [0, 0.05) is 57.0 Å². The number of hydrogen-bond donors (Lipinski definition) is 0. The molecule has 0 saturated heterocycles. The second-order valence-corrected chi connectivity index (χ2v) is 29.1. The highest BCUT2D eigenvalue weighted by Crippen LogP contribution is 2.55. The summed E-state index contributed by atoms with van der Waals surface area (Å²) in [4.78, 5) is 50.8. The van der Waals surface area contributed by atoms with E-state index < -0.39 is 47.3 Å². The van der Waals surface area contributed by atoms with Gasteiger partial charge in [-0.05, 0) is 220 Å². The Morgan fingerprint density at radius 3 is 1.14 bits per heavy atom. The number of fused-ring (bicyclic) bond motifs is 16. The van der Waals surface area contributed by atoms with Crippen LogP contribution in [0.3, 0.4) is 0 Å². The first kappa shape index (κ1) is 76.2. The number of aryl methyl sites for hydroxylation is 2. The molecule has 0 saturated carbocycles. The molecule has 2 aliphatic heterocycles. The molecule has 4 atom stereocenters. The van der Waals surface area contributed by atoms with Crippen LogP contribution in [0.25, 0.3) is 56.0 Å². The molecule has 0 spiro atoms. The number of benzene rings is 10. The van der Waals surface area contributed by atoms with Gasteiger partial charge in [-0.15, -0.1) is 0 Å². The van der Waals surface area contributed by atoms with Crippen LogP contribution >= 0.6 is 0 Å². The zero-order valence-electron chi connectivity index (χ0n) is 64.2. The van der Waals surface area contributed by atoms with Gasteiger partial charge in [0.25, 0.3) is 0 Å². The van der Waals surface area contributed by atoms with Gasteiger partial charge in [-0.2, -0.15) is 0 Å². The summed E-state index contributed by atoms with van der Waals surface area (Å²) in [6.07, 6.45) is 11.3. The highest BCUT2D eigenvalue weighted by Gasteiger charge is 2.42. The van der Waals surface area contributed by atoms with Crippen molar-refractivity contribution in [1.29, 1.82) is 0 Å². The fraction of sp³-hybridized carbons (Fsp3) is 0.319. The Morgan fingerprint density at radius 1 is 0.396 bits per heavy atom. The van der Waals surface area contributed by atoms with Crippen LogP contribution in [0.5, 0.6) is 46.0 Å². The third-order valence-corrected chi connectivity index (χ3v) is 20.5. The molecule has 572 valence electrons. The van der Waals surface area contributed by atoms with Crippen molar-refractivity contribution in [2.24, 2.45) is 0 Å². The number of ether oxygens (including phenoxy) is 13. The number of carbonyl (C=O) groups excluding carboxylic acids is 4. The van der Waals surface area contributed by atoms with Crippen LogP contribution in [0.2, 0.25) is 0 Å². The fourth-order valence-electron chi connectivity index (χ4n) is 15.4. The zero-order chi connectivity index (χ0) is 77.2. The van der Waals surface area contributed by atoms with Crippen LogP contribution in [-0.2, 0) is 79.7 Å². The maximum atomic E-state index is 12.7. The average molecular weight is 1500 g/mol. The third-order valence-electron chi connectivity index (χ3n) is 20.5. The van der Waals surface area contributed by atoms with E-state index in [9.17, 15) is 19.2 Å². The average Bonchev–Trinajstić information content (AvgIpc) is 0.718. The molecule has 0 bridgehead atoms. The van der Waals surface area contributed by atoms with E-state index in [0.717, 1.165) is 115 Å². The number of rotatable bonds is 32. The highest BCUT2D eigenvalue weighted by molar-refractivity contribution is 6.08. The first-order chi connectivity index (χ1) is 54.0. The number of methoxy groups -OCH3 is 2. The number of hydrogen-bond acceptors (Lipinski definition) is 17. The molecule has 10 aromatic carbocycles.